The van der Waals surface area contributed by atoms with Crippen LogP contribution in [-0.2, 0) is 6.54 Å². The van der Waals surface area contributed by atoms with E-state index in [4.69, 9.17) is 21.1 Å². The molecule has 0 aliphatic carbocycles. The van der Waals surface area contributed by atoms with E-state index in [1.165, 1.54) is 0 Å². The monoisotopic (exact) mass is 439 g/mol. The number of hydrogen-bond acceptors (Lipinski definition) is 6. The summed E-state index contributed by atoms with van der Waals surface area (Å²) in [6.07, 6.45) is 1.53. The van der Waals surface area contributed by atoms with E-state index in [0.29, 0.717) is 58.6 Å². The predicted molar refractivity (Wildman–Crippen MR) is 117 cm³/mol. The fourth-order valence-electron chi connectivity index (χ4n) is 4.23. The van der Waals surface area contributed by atoms with Gasteiger partial charge in [0.2, 0.25) is 0 Å². The number of halogens is 1. The van der Waals surface area contributed by atoms with Crippen molar-refractivity contribution in [3.8, 4) is 11.5 Å². The first-order chi connectivity index (χ1) is 15.1. The van der Waals surface area contributed by atoms with Crippen LogP contribution in [0.2, 0.25) is 5.02 Å². The number of H-pyrrole nitrogens is 1. The molecule has 0 radical (unpaired) electrons. The van der Waals surface area contributed by atoms with E-state index in [0.717, 1.165) is 25.9 Å². The zero-order valence-electron chi connectivity index (χ0n) is 16.9. The van der Waals surface area contributed by atoms with Gasteiger partial charge in [-0.15, -0.1) is 0 Å². The molecule has 0 unspecified atom stereocenters. The van der Waals surface area contributed by atoms with E-state index >= 15 is 0 Å². The number of carbonyl (C=O) groups is 1. The number of aromatic amines is 1. The molecule has 5 rings (SSSR count). The minimum absolute atomic E-state index is 0.0236. The quantitative estimate of drug-likeness (QED) is 0.627. The number of nitrogens with one attached hydrogen (secondary N) is 1. The molecule has 3 heterocycles. The van der Waals surface area contributed by atoms with E-state index in [1.54, 1.807) is 24.3 Å². The van der Waals surface area contributed by atoms with E-state index in [1.807, 2.05) is 12.1 Å². The zero-order valence-corrected chi connectivity index (χ0v) is 17.7. The Labute approximate surface area is 183 Å². The van der Waals surface area contributed by atoms with Crippen LogP contribution in [-0.4, -0.2) is 47.0 Å². The number of fused-ring (bicyclic) bond motifs is 2. The van der Waals surface area contributed by atoms with Crippen LogP contribution in [0.25, 0.3) is 10.9 Å². The van der Waals surface area contributed by atoms with Gasteiger partial charge in [-0.05, 0) is 62.3 Å². The number of benzene rings is 2. The van der Waals surface area contributed by atoms with E-state index in [9.17, 15) is 9.59 Å². The molecular formula is C23H22ClN3O4. The molecule has 0 saturated carbocycles. The lowest BCUT2D eigenvalue weighted by Crippen LogP contribution is -2.36. The number of ether oxygens (including phenoxy) is 2. The van der Waals surface area contributed by atoms with Crippen LogP contribution in [0, 0.1) is 5.92 Å². The average molecular weight is 440 g/mol. The highest BCUT2D eigenvalue weighted by Gasteiger charge is 2.27. The van der Waals surface area contributed by atoms with Gasteiger partial charge in [-0.3, -0.25) is 14.5 Å². The van der Waals surface area contributed by atoms with Crippen molar-refractivity contribution >= 4 is 28.3 Å². The highest BCUT2D eigenvalue weighted by molar-refractivity contribution is 6.31. The zero-order chi connectivity index (χ0) is 21.4. The van der Waals surface area contributed by atoms with Crippen LogP contribution in [0.15, 0.2) is 41.2 Å². The van der Waals surface area contributed by atoms with Crippen LogP contribution in [0.3, 0.4) is 0 Å². The van der Waals surface area contributed by atoms with E-state index in [-0.39, 0.29) is 17.3 Å². The first-order valence-corrected chi connectivity index (χ1v) is 10.8. The maximum absolute atomic E-state index is 13.0. The van der Waals surface area contributed by atoms with Gasteiger partial charge < -0.3 is 14.5 Å². The second-order valence-corrected chi connectivity index (χ2v) is 8.38. The maximum atomic E-state index is 13.0. The summed E-state index contributed by atoms with van der Waals surface area (Å²) in [5.41, 5.74) is 1.11. The molecule has 7 nitrogen and oxygen atoms in total. The van der Waals surface area contributed by atoms with Crippen LogP contribution >= 0.6 is 11.6 Å². The van der Waals surface area contributed by atoms with Crippen molar-refractivity contribution in [1.82, 2.24) is 14.9 Å². The molecule has 1 aromatic heterocycles. The highest BCUT2D eigenvalue weighted by atomic mass is 35.5. The van der Waals surface area contributed by atoms with Crippen molar-refractivity contribution in [3.63, 3.8) is 0 Å². The van der Waals surface area contributed by atoms with Gasteiger partial charge in [0, 0.05) is 16.5 Å². The molecule has 0 atom stereocenters. The molecular weight excluding hydrogens is 418 g/mol. The molecule has 2 aromatic carbocycles. The maximum Gasteiger partial charge on any atom is 0.258 e. The Bertz CT molecular complexity index is 1200. The van der Waals surface area contributed by atoms with Crippen molar-refractivity contribution in [3.05, 3.63) is 63.2 Å². The minimum Gasteiger partial charge on any atom is -0.486 e. The van der Waals surface area contributed by atoms with Crippen LogP contribution in [0.4, 0.5) is 0 Å². The van der Waals surface area contributed by atoms with Crippen molar-refractivity contribution in [2.45, 2.75) is 19.4 Å². The molecule has 3 aromatic rings. The van der Waals surface area contributed by atoms with Gasteiger partial charge in [0.25, 0.3) is 5.56 Å². The molecule has 2 aliphatic rings. The summed E-state index contributed by atoms with van der Waals surface area (Å²) < 4.78 is 11.1. The summed E-state index contributed by atoms with van der Waals surface area (Å²) in [4.78, 5) is 35.0. The first-order valence-electron chi connectivity index (χ1n) is 10.4. The number of likely N-dealkylation sites (tertiary alicyclic amines) is 1. The minimum atomic E-state index is -0.189. The Kier molecular flexibility index (Phi) is 5.38. The number of rotatable bonds is 4. The van der Waals surface area contributed by atoms with Gasteiger partial charge in [0.15, 0.2) is 17.3 Å². The number of aromatic nitrogens is 2. The molecule has 8 heteroatoms. The van der Waals surface area contributed by atoms with Crippen LogP contribution in [0.1, 0.15) is 29.0 Å². The number of hydrogen-bond donors (Lipinski definition) is 1. The van der Waals surface area contributed by atoms with Gasteiger partial charge in [-0.2, -0.15) is 0 Å². The lowest BCUT2D eigenvalue weighted by Gasteiger charge is -2.31. The third kappa shape index (κ3) is 4.16. The van der Waals surface area contributed by atoms with Gasteiger partial charge in [0.05, 0.1) is 17.4 Å². The molecule has 1 N–H and O–H groups in total. The molecule has 31 heavy (non-hydrogen) atoms. The fraction of sp³-hybridized carbons (Fsp3) is 0.348. The predicted octanol–water partition coefficient (Wildman–Crippen LogP) is 3.44. The fourth-order valence-corrected chi connectivity index (χ4v) is 4.40. The molecule has 0 bridgehead atoms. The normalized spacial score (nSPS) is 17.1. The summed E-state index contributed by atoms with van der Waals surface area (Å²) in [6, 6.07) is 10.5. The summed E-state index contributed by atoms with van der Waals surface area (Å²) in [5.74, 6) is 2.07. The molecule has 0 spiro atoms. The van der Waals surface area contributed by atoms with Crippen molar-refractivity contribution in [2.24, 2.45) is 5.92 Å². The number of Topliss-reactive ketones (excluding diaryl/α,β-unsaturated/α-hetero) is 1. The first kappa shape index (κ1) is 20.0. The van der Waals surface area contributed by atoms with Gasteiger partial charge in [-0.1, -0.05) is 11.6 Å². The highest BCUT2D eigenvalue weighted by Crippen LogP contribution is 2.32. The van der Waals surface area contributed by atoms with Gasteiger partial charge in [0.1, 0.15) is 19.0 Å². The largest absolute Gasteiger partial charge is 0.486 e. The Morgan fingerprint density at radius 1 is 1.10 bits per heavy atom. The Hall–Kier alpha value is -2.90. The molecule has 2 aliphatic heterocycles. The standard InChI is InChI=1S/C23H22ClN3O4/c24-16-2-3-18-17(12-16)23(29)26-21(25-18)13-27-7-5-14(6-8-27)22(28)15-1-4-19-20(11-15)31-10-9-30-19/h1-4,11-12,14H,5-10,13H2,(H,25,26,29). The molecule has 160 valence electrons. The second kappa shape index (κ2) is 8.32. The SMILES string of the molecule is O=C(c1ccc2c(c1)OCCO2)C1CCN(Cc2nc3ccc(Cl)cc3c(=O)[nH]2)CC1. The van der Waals surface area contributed by atoms with Gasteiger partial charge >= 0.3 is 0 Å². The Balaban J connectivity index is 1.23. The number of carbonyl (C=O) groups excluding carboxylic acids is 1. The summed E-state index contributed by atoms with van der Waals surface area (Å²) in [5, 5.41) is 0.997. The third-order valence-corrected chi connectivity index (χ3v) is 6.11. The summed E-state index contributed by atoms with van der Waals surface area (Å²) in [7, 11) is 0. The Morgan fingerprint density at radius 2 is 1.87 bits per heavy atom. The van der Waals surface area contributed by atoms with E-state index < -0.39 is 0 Å². The Morgan fingerprint density at radius 3 is 2.68 bits per heavy atom. The average Bonchev–Trinajstić information content (AvgIpc) is 2.79. The third-order valence-electron chi connectivity index (χ3n) is 5.87. The second-order valence-electron chi connectivity index (χ2n) is 7.95. The topological polar surface area (TPSA) is 84.5 Å². The smallest absolute Gasteiger partial charge is 0.258 e. The van der Waals surface area contributed by atoms with Crippen molar-refractivity contribution in [1.29, 1.82) is 0 Å². The lowest BCUT2D eigenvalue weighted by atomic mass is 9.88. The van der Waals surface area contributed by atoms with Crippen LogP contribution < -0.4 is 15.0 Å². The van der Waals surface area contributed by atoms with Gasteiger partial charge in [-0.25, -0.2) is 4.98 Å². The molecule has 0 amide bonds. The molecule has 1 saturated heterocycles. The van der Waals surface area contributed by atoms with Crippen molar-refractivity contribution < 1.29 is 14.3 Å². The lowest BCUT2D eigenvalue weighted by molar-refractivity contribution is 0.0831. The number of nitrogens with zero attached hydrogens (tertiary/aromatic N) is 2. The summed E-state index contributed by atoms with van der Waals surface area (Å²) in [6.45, 7) is 3.11. The molecule has 1 fully saturated rings. The van der Waals surface area contributed by atoms with Crippen molar-refractivity contribution in [2.75, 3.05) is 26.3 Å². The number of ketones is 1. The van der Waals surface area contributed by atoms with Crippen LogP contribution in [0.5, 0.6) is 11.5 Å². The van der Waals surface area contributed by atoms with E-state index in [2.05, 4.69) is 14.9 Å². The number of piperidine rings is 1. The summed E-state index contributed by atoms with van der Waals surface area (Å²) >= 11 is 5.97.